The minimum atomic E-state index is -0.113. The van der Waals surface area contributed by atoms with Crippen molar-refractivity contribution in [2.75, 3.05) is 7.11 Å². The summed E-state index contributed by atoms with van der Waals surface area (Å²) in [4.78, 5) is 3.22. The molecule has 1 aromatic carbocycles. The van der Waals surface area contributed by atoms with Gasteiger partial charge in [-0.05, 0) is 24.6 Å². The van der Waals surface area contributed by atoms with Crippen LogP contribution in [-0.2, 0) is 4.74 Å². The summed E-state index contributed by atoms with van der Waals surface area (Å²) >= 11 is 0. The zero-order valence-electron chi connectivity index (χ0n) is 11.8. The molecule has 0 fully saturated rings. The maximum absolute atomic E-state index is 9.31. The second-order valence-electron chi connectivity index (χ2n) is 4.07. The third-order valence-corrected chi connectivity index (χ3v) is 2.66. The summed E-state index contributed by atoms with van der Waals surface area (Å²) in [5, 5.41) is 18.4. The van der Waals surface area contributed by atoms with Gasteiger partial charge in [0.15, 0.2) is 0 Å². The van der Waals surface area contributed by atoms with Gasteiger partial charge in [-0.25, -0.2) is 10.1 Å². The van der Waals surface area contributed by atoms with E-state index in [1.54, 1.807) is 18.2 Å². The summed E-state index contributed by atoms with van der Waals surface area (Å²) in [5.74, 6) is 0. The van der Waals surface area contributed by atoms with E-state index in [-0.39, 0.29) is 11.3 Å². The van der Waals surface area contributed by atoms with Gasteiger partial charge in [0.05, 0.1) is 37.7 Å². The lowest BCUT2D eigenvalue weighted by molar-refractivity contribution is 0.338. The van der Waals surface area contributed by atoms with Crippen LogP contribution in [0, 0.1) is 36.2 Å². The predicted molar refractivity (Wildman–Crippen MR) is 80.2 cm³/mol. The molecule has 0 heterocycles. The van der Waals surface area contributed by atoms with E-state index in [9.17, 15) is 5.26 Å². The van der Waals surface area contributed by atoms with Gasteiger partial charge in [0.1, 0.15) is 0 Å². The number of methoxy groups -OCH3 is 1. The van der Waals surface area contributed by atoms with Crippen molar-refractivity contribution in [2.45, 2.75) is 6.92 Å². The molecule has 0 aliphatic carbocycles. The number of aryl methyl sites for hydroxylation is 1. The van der Waals surface area contributed by atoms with Gasteiger partial charge >= 0.3 is 0 Å². The number of allylic oxidation sites excluding steroid dienone is 5. The molecule has 0 spiro atoms. The summed E-state index contributed by atoms with van der Waals surface area (Å²) in [6, 6.07) is 11.2. The molecular weight excluding hydrogens is 262 g/mol. The van der Waals surface area contributed by atoms with Crippen LogP contribution in [0.5, 0.6) is 0 Å². The fourth-order valence-electron chi connectivity index (χ4n) is 1.67. The molecular formula is C17H13N3O. The monoisotopic (exact) mass is 275 g/mol. The fraction of sp³-hybridized carbons (Fsp3) is 0.118. The molecule has 0 N–H and O–H groups in total. The van der Waals surface area contributed by atoms with Crippen molar-refractivity contribution in [3.8, 4) is 12.1 Å². The molecule has 4 heteroatoms. The summed E-state index contributed by atoms with van der Waals surface area (Å²) in [6.07, 6.45) is 4.47. The van der Waals surface area contributed by atoms with E-state index in [2.05, 4.69) is 4.85 Å². The zero-order valence-corrected chi connectivity index (χ0v) is 11.8. The highest BCUT2D eigenvalue weighted by molar-refractivity contribution is 5.88. The Hall–Kier alpha value is -3.29. The number of nitriles is 2. The van der Waals surface area contributed by atoms with Crippen molar-refractivity contribution >= 4 is 5.57 Å². The maximum atomic E-state index is 9.31. The highest BCUT2D eigenvalue weighted by Gasteiger charge is 2.14. The fourth-order valence-corrected chi connectivity index (χ4v) is 1.67. The lowest BCUT2D eigenvalue weighted by Crippen LogP contribution is -1.92. The molecule has 0 aliphatic heterocycles. The third kappa shape index (κ3) is 4.10. The maximum Gasteiger partial charge on any atom is 0.270 e. The Kier molecular flexibility index (Phi) is 6.00. The van der Waals surface area contributed by atoms with E-state index in [0.29, 0.717) is 11.1 Å². The van der Waals surface area contributed by atoms with Gasteiger partial charge in [-0.15, -0.1) is 0 Å². The minimum absolute atomic E-state index is 0.113. The largest absolute Gasteiger partial charge is 0.504 e. The Morgan fingerprint density at radius 3 is 2.38 bits per heavy atom. The Labute approximate surface area is 124 Å². The number of rotatable bonds is 4. The predicted octanol–water partition coefficient (Wildman–Crippen LogP) is 3.76. The average Bonchev–Trinajstić information content (AvgIpc) is 2.51. The highest BCUT2D eigenvalue weighted by atomic mass is 16.5. The third-order valence-electron chi connectivity index (χ3n) is 2.66. The molecule has 0 atom stereocenters. The number of nitrogens with zero attached hydrogens (tertiary/aromatic N) is 3. The van der Waals surface area contributed by atoms with Gasteiger partial charge in [-0.3, -0.25) is 0 Å². The van der Waals surface area contributed by atoms with E-state index in [0.717, 1.165) is 5.56 Å². The van der Waals surface area contributed by atoms with Crippen LogP contribution >= 0.6 is 0 Å². The smallest absolute Gasteiger partial charge is 0.270 e. The van der Waals surface area contributed by atoms with Crippen LogP contribution in [0.25, 0.3) is 10.4 Å². The first-order chi connectivity index (χ1) is 10.2. The molecule has 1 aromatic rings. The van der Waals surface area contributed by atoms with Crippen LogP contribution in [0.2, 0.25) is 0 Å². The van der Waals surface area contributed by atoms with E-state index in [1.807, 2.05) is 31.2 Å². The highest BCUT2D eigenvalue weighted by Crippen LogP contribution is 2.27. The van der Waals surface area contributed by atoms with E-state index in [4.69, 9.17) is 16.6 Å². The van der Waals surface area contributed by atoms with Crippen LogP contribution < -0.4 is 0 Å². The van der Waals surface area contributed by atoms with Gasteiger partial charge in [0.25, 0.3) is 5.70 Å². The Balaban J connectivity index is 3.52. The summed E-state index contributed by atoms with van der Waals surface area (Å²) < 4.78 is 4.77. The SMILES string of the molecule is [C-]#[N+]/C(C#N)=C(/C(C#N)=C/C=C/OC)c1ccc(C)cc1. The van der Waals surface area contributed by atoms with E-state index < -0.39 is 0 Å². The van der Waals surface area contributed by atoms with Gasteiger partial charge in [-0.2, -0.15) is 5.26 Å². The second-order valence-corrected chi connectivity index (χ2v) is 4.07. The summed E-state index contributed by atoms with van der Waals surface area (Å²) in [6.45, 7) is 9.07. The lowest BCUT2D eigenvalue weighted by atomic mass is 9.95. The first-order valence-electron chi connectivity index (χ1n) is 6.07. The first-order valence-corrected chi connectivity index (χ1v) is 6.07. The molecule has 1 rings (SSSR count). The van der Waals surface area contributed by atoms with Crippen molar-refractivity contribution in [3.63, 3.8) is 0 Å². The van der Waals surface area contributed by atoms with Crippen molar-refractivity contribution in [2.24, 2.45) is 0 Å². The standard InChI is InChI=1S/C17H13N3O/c1-13-6-8-14(9-7-13)17(16(12-19)20-2)15(11-18)5-4-10-21-3/h4-10H,1,3H3/b10-4+,15-5+,17-16+. The van der Waals surface area contributed by atoms with Crippen LogP contribution in [0.3, 0.4) is 0 Å². The molecule has 0 aromatic heterocycles. The zero-order chi connectivity index (χ0) is 15.7. The van der Waals surface area contributed by atoms with Crippen molar-refractivity contribution in [1.29, 1.82) is 10.5 Å². The molecule has 102 valence electrons. The van der Waals surface area contributed by atoms with Gasteiger partial charge < -0.3 is 4.74 Å². The van der Waals surface area contributed by atoms with Crippen molar-refractivity contribution in [3.05, 3.63) is 76.5 Å². The van der Waals surface area contributed by atoms with E-state index >= 15 is 0 Å². The number of benzene rings is 1. The molecule has 0 aliphatic rings. The van der Waals surface area contributed by atoms with Crippen LogP contribution in [0.15, 0.2) is 53.9 Å². The van der Waals surface area contributed by atoms with Crippen molar-refractivity contribution < 1.29 is 4.74 Å². The number of ether oxygens (including phenoxy) is 1. The van der Waals surface area contributed by atoms with E-state index in [1.165, 1.54) is 19.4 Å². The molecule has 0 bridgehead atoms. The normalized spacial score (nSPS) is 12.0. The quantitative estimate of drug-likeness (QED) is 0.364. The molecule has 0 radical (unpaired) electrons. The second kappa shape index (κ2) is 8.00. The molecule has 0 amide bonds. The van der Waals surface area contributed by atoms with Gasteiger partial charge in [0, 0.05) is 5.57 Å². The first kappa shape index (κ1) is 15.8. The summed E-state index contributed by atoms with van der Waals surface area (Å²) in [5.41, 5.74) is 2.17. The Morgan fingerprint density at radius 1 is 1.24 bits per heavy atom. The summed E-state index contributed by atoms with van der Waals surface area (Å²) in [7, 11) is 1.49. The van der Waals surface area contributed by atoms with Gasteiger partial charge in [-0.1, -0.05) is 29.8 Å². The molecule has 0 unspecified atom stereocenters. The van der Waals surface area contributed by atoms with Gasteiger partial charge in [0.2, 0.25) is 0 Å². The minimum Gasteiger partial charge on any atom is -0.504 e. The van der Waals surface area contributed by atoms with Crippen LogP contribution in [0.1, 0.15) is 11.1 Å². The average molecular weight is 275 g/mol. The Morgan fingerprint density at radius 2 is 1.90 bits per heavy atom. The molecule has 0 saturated heterocycles. The molecule has 0 saturated carbocycles. The topological polar surface area (TPSA) is 61.2 Å². The Bertz CT molecular complexity index is 701. The van der Waals surface area contributed by atoms with Crippen LogP contribution in [-0.4, -0.2) is 7.11 Å². The van der Waals surface area contributed by atoms with Crippen molar-refractivity contribution in [1.82, 2.24) is 0 Å². The molecule has 21 heavy (non-hydrogen) atoms. The number of hydrogen-bond donors (Lipinski definition) is 0. The van der Waals surface area contributed by atoms with Crippen LogP contribution in [0.4, 0.5) is 0 Å². The lowest BCUT2D eigenvalue weighted by Gasteiger charge is -2.07. The molecule has 4 nitrogen and oxygen atoms in total. The number of hydrogen-bond acceptors (Lipinski definition) is 3.